The Morgan fingerprint density at radius 3 is 2.80 bits per heavy atom. The first-order chi connectivity index (χ1) is 9.58. The highest BCUT2D eigenvalue weighted by Gasteiger charge is 2.35. The minimum absolute atomic E-state index is 0.0784. The Bertz CT molecular complexity index is 498. The molecular weight excluding hydrogens is 277 g/mol. The van der Waals surface area contributed by atoms with Crippen molar-refractivity contribution >= 4 is 17.6 Å². The third-order valence-electron chi connectivity index (χ3n) is 3.84. The number of hydrogen-bond donors (Lipinski definition) is 3. The van der Waals surface area contributed by atoms with Crippen LogP contribution in [-0.2, 0) is 6.54 Å². The molecule has 6 heteroatoms. The number of oxime groups is 1. The minimum Gasteiger partial charge on any atom is -0.409 e. The van der Waals surface area contributed by atoms with E-state index in [9.17, 15) is 4.39 Å². The fourth-order valence-corrected chi connectivity index (χ4v) is 3.36. The van der Waals surface area contributed by atoms with Gasteiger partial charge in [0.1, 0.15) is 5.82 Å². The molecular formula is C14H20FN3OS. The maximum atomic E-state index is 13.5. The van der Waals surface area contributed by atoms with E-state index in [4.69, 9.17) is 10.9 Å². The van der Waals surface area contributed by atoms with Gasteiger partial charge >= 0.3 is 0 Å². The second-order valence-electron chi connectivity index (χ2n) is 5.18. The number of amidine groups is 1. The van der Waals surface area contributed by atoms with E-state index in [-0.39, 0.29) is 11.7 Å². The van der Waals surface area contributed by atoms with Crippen LogP contribution in [0, 0.1) is 5.82 Å². The van der Waals surface area contributed by atoms with Gasteiger partial charge in [0.2, 0.25) is 0 Å². The highest BCUT2D eigenvalue weighted by atomic mass is 32.2. The summed E-state index contributed by atoms with van der Waals surface area (Å²) in [5.41, 5.74) is 6.68. The van der Waals surface area contributed by atoms with Crippen molar-refractivity contribution in [1.82, 2.24) is 5.32 Å². The van der Waals surface area contributed by atoms with Gasteiger partial charge in [0.25, 0.3) is 0 Å². The van der Waals surface area contributed by atoms with E-state index in [1.807, 2.05) is 11.8 Å². The van der Waals surface area contributed by atoms with Crippen LogP contribution in [0.3, 0.4) is 0 Å². The first kappa shape index (κ1) is 15.1. The van der Waals surface area contributed by atoms with Crippen LogP contribution in [0.5, 0.6) is 0 Å². The smallest absolute Gasteiger partial charge is 0.170 e. The molecule has 1 aromatic rings. The summed E-state index contributed by atoms with van der Waals surface area (Å²) in [6.45, 7) is 1.50. The van der Waals surface area contributed by atoms with Gasteiger partial charge in [0.15, 0.2) is 5.84 Å². The number of rotatable bonds is 6. The van der Waals surface area contributed by atoms with Crippen LogP contribution in [-0.4, -0.2) is 28.6 Å². The van der Waals surface area contributed by atoms with Gasteiger partial charge in [-0.1, -0.05) is 11.6 Å². The van der Waals surface area contributed by atoms with Crippen molar-refractivity contribution in [3.63, 3.8) is 0 Å². The summed E-state index contributed by atoms with van der Waals surface area (Å²) >= 11 is 1.90. The number of nitrogens with one attached hydrogen (secondary N) is 1. The van der Waals surface area contributed by atoms with E-state index < -0.39 is 0 Å². The van der Waals surface area contributed by atoms with E-state index in [1.165, 1.54) is 31.4 Å². The van der Waals surface area contributed by atoms with Crippen LogP contribution in [0.25, 0.3) is 0 Å². The normalized spacial score (nSPS) is 17.8. The summed E-state index contributed by atoms with van der Waals surface area (Å²) < 4.78 is 13.9. The van der Waals surface area contributed by atoms with Crippen LogP contribution in [0.15, 0.2) is 23.4 Å². The molecule has 0 spiro atoms. The number of benzene rings is 1. The number of thioether (sulfide) groups is 1. The van der Waals surface area contributed by atoms with Gasteiger partial charge in [0, 0.05) is 23.4 Å². The van der Waals surface area contributed by atoms with Crippen LogP contribution >= 0.6 is 11.8 Å². The lowest BCUT2D eigenvalue weighted by atomic mass is 9.84. The zero-order chi connectivity index (χ0) is 14.6. The quantitative estimate of drug-likeness (QED) is 0.326. The van der Waals surface area contributed by atoms with Crippen LogP contribution in [0.2, 0.25) is 0 Å². The summed E-state index contributed by atoms with van der Waals surface area (Å²) in [7, 11) is 0. The molecule has 2 rings (SSSR count). The number of halogens is 1. The largest absolute Gasteiger partial charge is 0.409 e. The second kappa shape index (κ2) is 6.45. The molecule has 1 aliphatic carbocycles. The highest BCUT2D eigenvalue weighted by molar-refractivity contribution is 8.00. The van der Waals surface area contributed by atoms with E-state index in [0.717, 1.165) is 12.1 Å². The fraction of sp³-hybridized carbons (Fsp3) is 0.500. The molecule has 0 aromatic heterocycles. The number of nitrogens with two attached hydrogens (primary N) is 1. The molecule has 20 heavy (non-hydrogen) atoms. The Kier molecular flexibility index (Phi) is 4.88. The first-order valence-corrected chi connectivity index (χ1v) is 7.84. The Labute approximate surface area is 122 Å². The first-order valence-electron chi connectivity index (χ1n) is 6.62. The third-order valence-corrected chi connectivity index (χ3v) is 5.25. The van der Waals surface area contributed by atoms with E-state index in [1.54, 1.807) is 6.07 Å². The molecule has 0 bridgehead atoms. The zero-order valence-electron chi connectivity index (χ0n) is 11.5. The molecule has 1 aliphatic rings. The summed E-state index contributed by atoms with van der Waals surface area (Å²) in [6.07, 6.45) is 5.90. The molecule has 0 heterocycles. The maximum absolute atomic E-state index is 13.5. The summed E-state index contributed by atoms with van der Waals surface area (Å²) in [6, 6.07) is 4.46. The van der Waals surface area contributed by atoms with Crippen molar-refractivity contribution in [2.45, 2.75) is 30.6 Å². The molecule has 0 unspecified atom stereocenters. The van der Waals surface area contributed by atoms with E-state index in [2.05, 4.69) is 16.7 Å². The standard InChI is InChI=1S/C14H20FN3OS/c1-20-14(3-2-4-14)9-17-8-10-5-11(13(16)18-19)7-12(15)6-10/h5-7,17,19H,2-4,8-9H2,1H3,(H2,16,18). The van der Waals surface area contributed by atoms with Crippen molar-refractivity contribution in [3.05, 3.63) is 35.1 Å². The summed E-state index contributed by atoms with van der Waals surface area (Å²) in [5.74, 6) is -0.459. The van der Waals surface area contributed by atoms with Gasteiger partial charge in [-0.05, 0) is 42.9 Å². The summed E-state index contributed by atoms with van der Waals surface area (Å²) in [5, 5.41) is 14.9. The highest BCUT2D eigenvalue weighted by Crippen LogP contribution is 2.42. The van der Waals surface area contributed by atoms with Gasteiger partial charge in [0.05, 0.1) is 0 Å². The molecule has 0 amide bonds. The molecule has 1 fully saturated rings. The predicted octanol–water partition coefficient (Wildman–Crippen LogP) is 2.30. The van der Waals surface area contributed by atoms with Gasteiger partial charge in [-0.15, -0.1) is 0 Å². The SMILES string of the molecule is CSC1(CNCc2cc(F)cc(/C(N)=N/O)c2)CCC1. The molecule has 4 nitrogen and oxygen atoms in total. The maximum Gasteiger partial charge on any atom is 0.170 e. The molecule has 0 aliphatic heterocycles. The van der Waals surface area contributed by atoms with E-state index in [0.29, 0.717) is 16.9 Å². The van der Waals surface area contributed by atoms with Crippen LogP contribution in [0.1, 0.15) is 30.4 Å². The van der Waals surface area contributed by atoms with Crippen molar-refractivity contribution in [1.29, 1.82) is 0 Å². The Hall–Kier alpha value is -1.27. The summed E-state index contributed by atoms with van der Waals surface area (Å²) in [4.78, 5) is 0. The molecule has 0 atom stereocenters. The monoisotopic (exact) mass is 297 g/mol. The number of hydrogen-bond acceptors (Lipinski definition) is 4. The topological polar surface area (TPSA) is 70.6 Å². The van der Waals surface area contributed by atoms with Crippen molar-refractivity contribution in [3.8, 4) is 0 Å². The van der Waals surface area contributed by atoms with Gasteiger partial charge in [-0.25, -0.2) is 4.39 Å². The second-order valence-corrected chi connectivity index (χ2v) is 6.45. The molecule has 0 radical (unpaired) electrons. The van der Waals surface area contributed by atoms with Crippen LogP contribution in [0.4, 0.5) is 4.39 Å². The third kappa shape index (κ3) is 3.43. The number of nitrogens with zero attached hydrogens (tertiary/aromatic N) is 1. The molecule has 0 saturated heterocycles. The van der Waals surface area contributed by atoms with Crippen molar-refractivity contribution in [2.24, 2.45) is 10.9 Å². The van der Waals surface area contributed by atoms with Gasteiger partial charge in [-0.3, -0.25) is 0 Å². The molecule has 110 valence electrons. The Balaban J connectivity index is 1.97. The van der Waals surface area contributed by atoms with Crippen molar-refractivity contribution < 1.29 is 9.60 Å². The Morgan fingerprint density at radius 1 is 1.50 bits per heavy atom. The van der Waals surface area contributed by atoms with Gasteiger partial charge < -0.3 is 16.3 Å². The average molecular weight is 297 g/mol. The molecule has 1 aromatic carbocycles. The Morgan fingerprint density at radius 2 is 2.25 bits per heavy atom. The van der Waals surface area contributed by atoms with E-state index >= 15 is 0 Å². The predicted molar refractivity (Wildman–Crippen MR) is 80.7 cm³/mol. The lowest BCUT2D eigenvalue weighted by Gasteiger charge is -2.40. The van der Waals surface area contributed by atoms with Crippen molar-refractivity contribution in [2.75, 3.05) is 12.8 Å². The van der Waals surface area contributed by atoms with Gasteiger partial charge in [-0.2, -0.15) is 11.8 Å². The average Bonchev–Trinajstić information content (AvgIpc) is 2.40. The zero-order valence-corrected chi connectivity index (χ0v) is 12.3. The minimum atomic E-state index is -0.380. The molecule has 4 N–H and O–H groups in total. The lowest BCUT2D eigenvalue weighted by molar-refractivity contribution is 0.318. The fourth-order valence-electron chi connectivity index (χ4n) is 2.42. The van der Waals surface area contributed by atoms with Crippen LogP contribution < -0.4 is 11.1 Å². The lowest BCUT2D eigenvalue weighted by Crippen LogP contribution is -2.43. The molecule has 1 saturated carbocycles.